The number of benzene rings is 1. The highest BCUT2D eigenvalue weighted by atomic mass is 16.3. The minimum absolute atomic E-state index is 0.0137. The Labute approximate surface area is 210 Å². The summed E-state index contributed by atoms with van der Waals surface area (Å²) in [6, 6.07) is 11.8. The molecular weight excluding hydrogens is 456 g/mol. The molecule has 1 unspecified atom stereocenters. The molecule has 0 aliphatic carbocycles. The zero-order chi connectivity index (χ0) is 25.2. The van der Waals surface area contributed by atoms with Gasteiger partial charge in [0.25, 0.3) is 5.91 Å². The number of hydrogen-bond donors (Lipinski definition) is 3. The molecule has 1 saturated heterocycles. The van der Waals surface area contributed by atoms with Crippen LogP contribution in [-0.2, 0) is 13.0 Å². The Bertz CT molecular complexity index is 1240. The lowest BCUT2D eigenvalue weighted by Gasteiger charge is -2.38. The van der Waals surface area contributed by atoms with E-state index in [1.807, 2.05) is 12.1 Å². The number of hydrogen-bond acceptors (Lipinski definition) is 9. The number of nitrogens with zero attached hydrogens (tertiary/aromatic N) is 6. The molecule has 10 heteroatoms. The number of rotatable bonds is 5. The summed E-state index contributed by atoms with van der Waals surface area (Å²) in [5, 5.41) is 12.8. The summed E-state index contributed by atoms with van der Waals surface area (Å²) in [5.74, 6) is 1.57. The van der Waals surface area contributed by atoms with Crippen molar-refractivity contribution in [3.05, 3.63) is 59.4 Å². The third-order valence-corrected chi connectivity index (χ3v) is 7.05. The second-order valence-electron chi connectivity index (χ2n) is 9.40. The van der Waals surface area contributed by atoms with Gasteiger partial charge < -0.3 is 30.9 Å². The summed E-state index contributed by atoms with van der Waals surface area (Å²) in [6.07, 6.45) is 2.42. The molecule has 1 amide bonds. The first-order valence-corrected chi connectivity index (χ1v) is 12.2. The third-order valence-electron chi connectivity index (χ3n) is 7.05. The van der Waals surface area contributed by atoms with Gasteiger partial charge in [-0.1, -0.05) is 18.2 Å². The molecule has 2 aromatic heterocycles. The van der Waals surface area contributed by atoms with Gasteiger partial charge in [-0.3, -0.25) is 9.78 Å². The van der Waals surface area contributed by atoms with Crippen LogP contribution in [-0.4, -0.2) is 83.8 Å². The number of nitrogen functional groups attached to an aromatic ring is 1. The standard InChI is InChI=1S/C26H32N8O2/c1-28-25(36)22-6-5-19(14-29-22)17-3-4-18-12-21(16-35)34(15-20(18)11-17)24-13-23(30-26(27)31-24)33-9-7-32(2)8-10-33/h3-6,11,13-14,21,35H,7-10,12,15-16H2,1-2H3,(H,28,36)(H2,27,30,31). The molecule has 0 bridgehead atoms. The molecule has 1 atom stereocenters. The topological polar surface area (TPSA) is 124 Å². The molecular formula is C26H32N8O2. The molecule has 0 saturated carbocycles. The number of piperazine rings is 1. The van der Waals surface area contributed by atoms with E-state index >= 15 is 0 Å². The SMILES string of the molecule is CNC(=O)c1ccc(-c2ccc3c(c2)CN(c2cc(N4CCN(C)CC4)nc(N)n2)C(CO)C3)cn1. The van der Waals surface area contributed by atoms with Crippen molar-refractivity contribution in [1.29, 1.82) is 0 Å². The van der Waals surface area contributed by atoms with Crippen molar-refractivity contribution in [1.82, 2.24) is 25.2 Å². The Hall–Kier alpha value is -3.76. The van der Waals surface area contributed by atoms with Crippen LogP contribution in [0, 0.1) is 0 Å². The Balaban J connectivity index is 1.43. The van der Waals surface area contributed by atoms with E-state index in [0.29, 0.717) is 18.7 Å². The molecule has 188 valence electrons. The smallest absolute Gasteiger partial charge is 0.269 e. The lowest BCUT2D eigenvalue weighted by molar-refractivity contribution is 0.0958. The van der Waals surface area contributed by atoms with E-state index in [4.69, 9.17) is 5.73 Å². The Morgan fingerprint density at radius 2 is 1.81 bits per heavy atom. The van der Waals surface area contributed by atoms with Gasteiger partial charge in [0.2, 0.25) is 5.95 Å². The molecule has 3 aromatic rings. The molecule has 10 nitrogen and oxygen atoms in total. The van der Waals surface area contributed by atoms with Crippen molar-refractivity contribution in [2.45, 2.75) is 19.0 Å². The van der Waals surface area contributed by atoms with Crippen LogP contribution in [0.25, 0.3) is 11.1 Å². The number of aliphatic hydroxyl groups excluding tert-OH is 1. The van der Waals surface area contributed by atoms with Crippen molar-refractivity contribution in [2.75, 3.05) is 62.4 Å². The van der Waals surface area contributed by atoms with Crippen molar-refractivity contribution < 1.29 is 9.90 Å². The summed E-state index contributed by atoms with van der Waals surface area (Å²) in [6.45, 7) is 4.31. The van der Waals surface area contributed by atoms with E-state index in [9.17, 15) is 9.90 Å². The highest BCUT2D eigenvalue weighted by Crippen LogP contribution is 2.32. The van der Waals surface area contributed by atoms with Gasteiger partial charge >= 0.3 is 0 Å². The number of nitrogens with one attached hydrogen (secondary N) is 1. The van der Waals surface area contributed by atoms with Gasteiger partial charge in [0, 0.05) is 57.6 Å². The van der Waals surface area contributed by atoms with Crippen LogP contribution >= 0.6 is 0 Å². The fourth-order valence-corrected chi connectivity index (χ4v) is 4.87. The molecule has 2 aliphatic rings. The number of nitrogens with two attached hydrogens (primary N) is 1. The maximum atomic E-state index is 11.8. The molecule has 36 heavy (non-hydrogen) atoms. The van der Waals surface area contributed by atoms with Crippen LogP contribution < -0.4 is 20.9 Å². The van der Waals surface area contributed by atoms with Gasteiger partial charge in [0.05, 0.1) is 12.6 Å². The monoisotopic (exact) mass is 488 g/mol. The summed E-state index contributed by atoms with van der Waals surface area (Å²) in [4.78, 5) is 31.8. The van der Waals surface area contributed by atoms with Crippen LogP contribution in [0.1, 0.15) is 21.6 Å². The summed E-state index contributed by atoms with van der Waals surface area (Å²) >= 11 is 0. The molecule has 0 radical (unpaired) electrons. The molecule has 0 spiro atoms. The zero-order valence-corrected chi connectivity index (χ0v) is 20.7. The van der Waals surface area contributed by atoms with Gasteiger partial charge in [0.1, 0.15) is 17.3 Å². The van der Waals surface area contributed by atoms with Crippen LogP contribution in [0.4, 0.5) is 17.6 Å². The highest BCUT2D eigenvalue weighted by Gasteiger charge is 2.28. The maximum Gasteiger partial charge on any atom is 0.269 e. The number of carbonyl (C=O) groups is 1. The summed E-state index contributed by atoms with van der Waals surface area (Å²) in [5.41, 5.74) is 10.8. The number of anilines is 3. The van der Waals surface area contributed by atoms with Gasteiger partial charge in [0.15, 0.2) is 0 Å². The first-order valence-electron chi connectivity index (χ1n) is 12.2. The number of likely N-dealkylation sites (N-methyl/N-ethyl adjacent to an activating group) is 1. The summed E-state index contributed by atoms with van der Waals surface area (Å²) in [7, 11) is 3.71. The largest absolute Gasteiger partial charge is 0.394 e. The minimum Gasteiger partial charge on any atom is -0.394 e. The Kier molecular flexibility index (Phi) is 6.71. The van der Waals surface area contributed by atoms with Crippen molar-refractivity contribution in [3.63, 3.8) is 0 Å². The number of aromatic nitrogens is 3. The lowest BCUT2D eigenvalue weighted by atomic mass is 9.91. The predicted octanol–water partition coefficient (Wildman–Crippen LogP) is 1.16. The van der Waals surface area contributed by atoms with E-state index < -0.39 is 0 Å². The van der Waals surface area contributed by atoms with Crippen LogP contribution in [0.3, 0.4) is 0 Å². The fraction of sp³-hybridized carbons (Fsp3) is 0.385. The van der Waals surface area contributed by atoms with Gasteiger partial charge in [-0.2, -0.15) is 9.97 Å². The molecule has 2 aliphatic heterocycles. The van der Waals surface area contributed by atoms with Crippen molar-refractivity contribution >= 4 is 23.5 Å². The molecule has 4 heterocycles. The van der Waals surface area contributed by atoms with Gasteiger partial charge in [-0.05, 0) is 42.3 Å². The number of amides is 1. The second-order valence-corrected chi connectivity index (χ2v) is 9.40. The third kappa shape index (κ3) is 4.82. The lowest BCUT2D eigenvalue weighted by Crippen LogP contribution is -2.45. The highest BCUT2D eigenvalue weighted by molar-refractivity contribution is 5.92. The van der Waals surface area contributed by atoms with E-state index in [2.05, 4.69) is 60.2 Å². The second kappa shape index (κ2) is 10.1. The van der Waals surface area contributed by atoms with Crippen molar-refractivity contribution in [2.24, 2.45) is 0 Å². The predicted molar refractivity (Wildman–Crippen MR) is 140 cm³/mol. The Morgan fingerprint density at radius 3 is 2.50 bits per heavy atom. The van der Waals surface area contributed by atoms with E-state index in [-0.39, 0.29) is 24.5 Å². The van der Waals surface area contributed by atoms with E-state index in [1.54, 1.807) is 19.3 Å². The van der Waals surface area contributed by atoms with Gasteiger partial charge in [-0.15, -0.1) is 0 Å². The summed E-state index contributed by atoms with van der Waals surface area (Å²) < 4.78 is 0. The average Bonchev–Trinajstić information content (AvgIpc) is 2.91. The zero-order valence-electron chi connectivity index (χ0n) is 20.7. The van der Waals surface area contributed by atoms with Crippen LogP contribution in [0.2, 0.25) is 0 Å². The van der Waals surface area contributed by atoms with Crippen LogP contribution in [0.5, 0.6) is 0 Å². The number of fused-ring (bicyclic) bond motifs is 1. The molecule has 4 N–H and O–H groups in total. The minimum atomic E-state index is -0.210. The average molecular weight is 489 g/mol. The molecule has 5 rings (SSSR count). The van der Waals surface area contributed by atoms with E-state index in [1.165, 1.54) is 5.56 Å². The number of aliphatic hydroxyl groups is 1. The fourth-order valence-electron chi connectivity index (χ4n) is 4.87. The maximum absolute atomic E-state index is 11.8. The number of pyridine rings is 1. The quantitative estimate of drug-likeness (QED) is 0.485. The molecule has 1 aromatic carbocycles. The van der Waals surface area contributed by atoms with Crippen LogP contribution in [0.15, 0.2) is 42.6 Å². The van der Waals surface area contributed by atoms with Crippen molar-refractivity contribution in [3.8, 4) is 11.1 Å². The van der Waals surface area contributed by atoms with E-state index in [0.717, 1.165) is 54.5 Å². The number of carbonyl (C=O) groups excluding carboxylic acids is 1. The normalized spacial score (nSPS) is 18.1. The van der Waals surface area contributed by atoms with Gasteiger partial charge in [-0.25, -0.2) is 0 Å². The first kappa shape index (κ1) is 24.0. The first-order chi connectivity index (χ1) is 17.4. The molecule has 1 fully saturated rings. The Morgan fingerprint density at radius 1 is 1.06 bits per heavy atom.